The average molecular weight is 859 g/mol. The van der Waals surface area contributed by atoms with Gasteiger partial charge in [0, 0.05) is 44.8 Å². The molecule has 6 heteroatoms. The quantitative estimate of drug-likeness (QED) is 0.123. The highest BCUT2D eigenvalue weighted by atomic mass is 28.3. The third kappa shape index (κ3) is 5.21. The molecule has 2 aliphatic rings. The van der Waals surface area contributed by atoms with Crippen molar-refractivity contribution in [2.24, 2.45) is 0 Å². The van der Waals surface area contributed by atoms with E-state index in [1.807, 2.05) is 0 Å². The number of fused-ring (bicyclic) bond motifs is 10. The van der Waals surface area contributed by atoms with Crippen molar-refractivity contribution < 1.29 is 9.47 Å². The molecule has 0 atom stereocenters. The van der Waals surface area contributed by atoms with Gasteiger partial charge in [-0.25, -0.2) is 0 Å². The van der Waals surface area contributed by atoms with Crippen LogP contribution >= 0.6 is 0 Å². The molecule has 66 heavy (non-hydrogen) atoms. The van der Waals surface area contributed by atoms with Crippen molar-refractivity contribution in [3.63, 3.8) is 0 Å². The lowest BCUT2D eigenvalue weighted by Crippen LogP contribution is -2.75. The second-order valence-corrected chi connectivity index (χ2v) is 21.3. The highest BCUT2D eigenvalue weighted by Gasteiger charge is 2.44. The Balaban J connectivity index is 1.07. The predicted molar refractivity (Wildman–Crippen MR) is 276 cm³/mol. The lowest BCUT2D eigenvalue weighted by atomic mass is 9.35. The lowest BCUT2D eigenvalue weighted by molar-refractivity contribution is 0.464. The molecular weight excluding hydrogens is 820 g/mol. The van der Waals surface area contributed by atoms with Crippen LogP contribution in [-0.2, 0) is 0 Å². The summed E-state index contributed by atoms with van der Waals surface area (Å²) in [4.78, 5) is 0. The average Bonchev–Trinajstić information content (AvgIpc) is 3.88. The van der Waals surface area contributed by atoms with E-state index in [0.717, 1.165) is 61.6 Å². The second kappa shape index (κ2) is 14.3. The molecule has 0 unspecified atom stereocenters. The van der Waals surface area contributed by atoms with Gasteiger partial charge in [0.05, 0.1) is 27.8 Å². The summed E-state index contributed by atoms with van der Waals surface area (Å²) in [5.74, 6) is 3.39. The van der Waals surface area contributed by atoms with Crippen molar-refractivity contribution in [3.05, 3.63) is 237 Å². The first-order chi connectivity index (χ1) is 32.8. The summed E-state index contributed by atoms with van der Waals surface area (Å²) in [6.07, 6.45) is 0. The van der Waals surface area contributed by atoms with Gasteiger partial charge in [0.1, 0.15) is 23.0 Å². The SMILES string of the molecule is c1ccc([Si](c2ccccc2)(c2ccccc2)c2ccccc2-n2c3ccccc3c3cc4c5ccccc5n(-c5cc6c7c(c5)Oc5ccccc5B7c5ccccc5O6)c4cc32)cc1. The van der Waals surface area contributed by atoms with E-state index in [1.54, 1.807) is 0 Å². The van der Waals surface area contributed by atoms with Crippen molar-refractivity contribution >= 4 is 95.5 Å². The minimum Gasteiger partial charge on any atom is -0.458 e. The van der Waals surface area contributed by atoms with Crippen LogP contribution in [0.5, 0.6) is 23.0 Å². The van der Waals surface area contributed by atoms with Gasteiger partial charge >= 0.3 is 0 Å². The van der Waals surface area contributed by atoms with Crippen LogP contribution < -0.4 is 46.6 Å². The Hall–Kier alpha value is -8.32. The molecule has 4 nitrogen and oxygen atoms in total. The molecule has 308 valence electrons. The Labute approximate surface area is 383 Å². The fraction of sp³-hybridized carbons (Fsp3) is 0. The van der Waals surface area contributed by atoms with Crippen LogP contribution in [-0.4, -0.2) is 23.9 Å². The molecule has 0 spiro atoms. The van der Waals surface area contributed by atoms with Gasteiger partial charge in [-0.05, 0) is 74.1 Å². The molecular formula is C60H39BN2O2Si. The topological polar surface area (TPSA) is 28.3 Å². The highest BCUT2D eigenvalue weighted by molar-refractivity contribution is 7.20. The molecule has 0 bridgehead atoms. The van der Waals surface area contributed by atoms with Gasteiger partial charge in [-0.3, -0.25) is 0 Å². The second-order valence-electron chi connectivity index (χ2n) is 17.5. The van der Waals surface area contributed by atoms with Crippen molar-refractivity contribution in [2.45, 2.75) is 0 Å². The molecule has 0 saturated heterocycles. The highest BCUT2D eigenvalue weighted by Crippen LogP contribution is 2.42. The summed E-state index contributed by atoms with van der Waals surface area (Å²) >= 11 is 0. The van der Waals surface area contributed by atoms with Gasteiger partial charge in [-0.15, -0.1) is 0 Å². The first kappa shape index (κ1) is 37.1. The van der Waals surface area contributed by atoms with Gasteiger partial charge in [0.2, 0.25) is 0 Å². The molecule has 12 aromatic rings. The van der Waals surface area contributed by atoms with Crippen LogP contribution in [0.15, 0.2) is 237 Å². The molecule has 14 rings (SSSR count). The van der Waals surface area contributed by atoms with Crippen molar-refractivity contribution in [1.29, 1.82) is 0 Å². The third-order valence-electron chi connectivity index (χ3n) is 14.2. The molecule has 4 heterocycles. The summed E-state index contributed by atoms with van der Waals surface area (Å²) in [5, 5.41) is 10.2. The van der Waals surface area contributed by atoms with E-state index in [-0.39, 0.29) is 6.71 Å². The molecule has 0 N–H and O–H groups in total. The van der Waals surface area contributed by atoms with E-state index in [2.05, 4.69) is 246 Å². The molecule has 0 saturated carbocycles. The van der Waals surface area contributed by atoms with Crippen LogP contribution in [0.2, 0.25) is 0 Å². The summed E-state index contributed by atoms with van der Waals surface area (Å²) in [7, 11) is -2.95. The molecule has 2 aliphatic heterocycles. The van der Waals surface area contributed by atoms with Crippen LogP contribution in [0.4, 0.5) is 0 Å². The number of para-hydroxylation sites is 5. The lowest BCUT2D eigenvalue weighted by Gasteiger charge is -2.36. The third-order valence-corrected chi connectivity index (χ3v) is 19.0. The number of benzene rings is 10. The van der Waals surface area contributed by atoms with E-state index >= 15 is 0 Å². The zero-order valence-electron chi connectivity index (χ0n) is 35.8. The molecule has 0 amide bonds. The van der Waals surface area contributed by atoms with Gasteiger partial charge in [-0.2, -0.15) is 0 Å². The minimum atomic E-state index is -2.95. The standard InChI is InChI=1S/C60H39BN2O2Si/c1-4-20-41(21-5-1)66(42-22-6-2-7-23-42,43-24-8-3-9-25-43)59-35-19-16-32-52(59)63-51-31-15-11-27-45(51)47-38-46-44-26-10-14-30-50(44)62(53(46)39-54(47)63)40-36-57-60-58(37-40)65-56-34-18-13-29-49(56)61(60)48-28-12-17-33-55(48)64-57/h1-39H. The zero-order valence-corrected chi connectivity index (χ0v) is 36.8. The Morgan fingerprint density at radius 2 is 0.773 bits per heavy atom. The van der Waals surface area contributed by atoms with Crippen molar-refractivity contribution in [2.75, 3.05) is 0 Å². The van der Waals surface area contributed by atoms with E-state index in [0.29, 0.717) is 0 Å². The predicted octanol–water partition coefficient (Wildman–Crippen LogP) is 9.99. The maximum absolute atomic E-state index is 6.85. The van der Waals surface area contributed by atoms with E-state index in [1.165, 1.54) is 53.5 Å². The van der Waals surface area contributed by atoms with Gasteiger partial charge < -0.3 is 18.6 Å². The summed E-state index contributed by atoms with van der Waals surface area (Å²) in [6, 6.07) is 86.7. The number of nitrogens with zero attached hydrogens (tertiary/aromatic N) is 2. The number of hydrogen-bond donors (Lipinski definition) is 0. The maximum atomic E-state index is 6.85. The molecule has 10 aromatic carbocycles. The fourth-order valence-corrected chi connectivity index (χ4v) is 16.4. The molecule has 0 radical (unpaired) electrons. The van der Waals surface area contributed by atoms with Gasteiger partial charge in [0.25, 0.3) is 6.71 Å². The van der Waals surface area contributed by atoms with Gasteiger partial charge in [0.15, 0.2) is 8.07 Å². The normalized spacial score (nSPS) is 12.8. The molecule has 0 fully saturated rings. The van der Waals surface area contributed by atoms with E-state index in [9.17, 15) is 0 Å². The zero-order chi connectivity index (χ0) is 43.3. The maximum Gasteiger partial charge on any atom is 0.260 e. The van der Waals surface area contributed by atoms with E-state index in [4.69, 9.17) is 9.47 Å². The first-order valence-electron chi connectivity index (χ1n) is 22.7. The number of aromatic nitrogens is 2. The monoisotopic (exact) mass is 858 g/mol. The Bertz CT molecular complexity index is 3730. The van der Waals surface area contributed by atoms with Crippen LogP contribution in [0.25, 0.3) is 55.0 Å². The number of rotatable bonds is 6. The summed E-state index contributed by atoms with van der Waals surface area (Å²) < 4.78 is 18.7. The minimum absolute atomic E-state index is 0.00540. The summed E-state index contributed by atoms with van der Waals surface area (Å²) in [6.45, 7) is 0.00540. The molecule has 2 aromatic heterocycles. The Morgan fingerprint density at radius 1 is 0.333 bits per heavy atom. The number of hydrogen-bond acceptors (Lipinski definition) is 2. The van der Waals surface area contributed by atoms with Crippen molar-refractivity contribution in [3.8, 4) is 34.4 Å². The van der Waals surface area contributed by atoms with Crippen LogP contribution in [0.3, 0.4) is 0 Å². The van der Waals surface area contributed by atoms with E-state index < -0.39 is 8.07 Å². The smallest absolute Gasteiger partial charge is 0.260 e. The van der Waals surface area contributed by atoms with Crippen LogP contribution in [0.1, 0.15) is 0 Å². The first-order valence-corrected chi connectivity index (χ1v) is 24.7. The Kier molecular flexibility index (Phi) is 8.06. The summed E-state index contributed by atoms with van der Waals surface area (Å²) in [5.41, 5.74) is 10.1. The largest absolute Gasteiger partial charge is 0.458 e. The number of ether oxygens (including phenoxy) is 2. The van der Waals surface area contributed by atoms with Gasteiger partial charge in [-0.1, -0.05) is 182 Å². The Morgan fingerprint density at radius 3 is 1.33 bits per heavy atom. The van der Waals surface area contributed by atoms with Crippen molar-refractivity contribution in [1.82, 2.24) is 9.13 Å². The fourth-order valence-electron chi connectivity index (χ4n) is 11.5. The molecule has 0 aliphatic carbocycles. The van der Waals surface area contributed by atoms with Crippen LogP contribution in [0, 0.1) is 0 Å².